The minimum Gasteiger partial charge on any atom is -0.497 e. The number of alkyl halides is 3. The molecule has 2 aromatic rings. The molecule has 0 aliphatic carbocycles. The first-order valence-electron chi connectivity index (χ1n) is 11.8. The summed E-state index contributed by atoms with van der Waals surface area (Å²) in [7, 11) is -2.40. The molecule has 2 aliphatic rings. The van der Waals surface area contributed by atoms with E-state index >= 15 is 0 Å². The zero-order chi connectivity index (χ0) is 26.8. The second kappa shape index (κ2) is 11.1. The van der Waals surface area contributed by atoms with Crippen molar-refractivity contribution in [1.29, 1.82) is 0 Å². The quantitative estimate of drug-likeness (QED) is 0.456. The summed E-state index contributed by atoms with van der Waals surface area (Å²) in [5.74, 6) is 0.510. The van der Waals surface area contributed by atoms with Gasteiger partial charge in [0.15, 0.2) is 0 Å². The van der Waals surface area contributed by atoms with Crippen LogP contribution >= 0.6 is 0 Å². The van der Waals surface area contributed by atoms with Crippen molar-refractivity contribution in [2.24, 2.45) is 0 Å². The van der Waals surface area contributed by atoms with Gasteiger partial charge >= 0.3 is 6.18 Å². The molecule has 37 heavy (non-hydrogen) atoms. The maximum atomic E-state index is 13.1. The Hall–Kier alpha value is -2.42. The molecule has 2 heterocycles. The number of benzene rings is 2. The molecule has 9 nitrogen and oxygen atoms in total. The number of aliphatic hydroxyl groups excluding tert-OH is 2. The number of hydrogen-bond acceptors (Lipinski definition) is 8. The van der Waals surface area contributed by atoms with Crippen molar-refractivity contribution in [3.63, 3.8) is 0 Å². The number of halogens is 3. The highest BCUT2D eigenvalue weighted by molar-refractivity contribution is 7.89. The highest BCUT2D eigenvalue weighted by Crippen LogP contribution is 2.33. The van der Waals surface area contributed by atoms with Gasteiger partial charge in [0, 0.05) is 38.4 Å². The Bertz CT molecular complexity index is 1160. The van der Waals surface area contributed by atoms with Crippen LogP contribution in [-0.4, -0.2) is 94.3 Å². The average Bonchev–Trinajstić information content (AvgIpc) is 3.22. The first-order valence-corrected chi connectivity index (χ1v) is 13.3. The van der Waals surface area contributed by atoms with Crippen LogP contribution in [0.5, 0.6) is 5.75 Å². The Morgan fingerprint density at radius 3 is 2.35 bits per heavy atom. The van der Waals surface area contributed by atoms with E-state index in [2.05, 4.69) is 4.72 Å². The first-order chi connectivity index (χ1) is 17.5. The van der Waals surface area contributed by atoms with Gasteiger partial charge in [-0.15, -0.1) is 0 Å². The summed E-state index contributed by atoms with van der Waals surface area (Å²) in [6.45, 7) is 1.03. The Morgan fingerprint density at radius 1 is 1.08 bits per heavy atom. The van der Waals surface area contributed by atoms with E-state index in [9.17, 15) is 31.8 Å². The smallest absolute Gasteiger partial charge is 0.416 e. The van der Waals surface area contributed by atoms with Crippen LogP contribution in [0.4, 0.5) is 18.9 Å². The summed E-state index contributed by atoms with van der Waals surface area (Å²) in [5.41, 5.74) is -0.267. The molecule has 13 heteroatoms. The van der Waals surface area contributed by atoms with Gasteiger partial charge in [0.05, 0.1) is 36.3 Å². The van der Waals surface area contributed by atoms with Crippen molar-refractivity contribution in [1.82, 2.24) is 9.62 Å². The van der Waals surface area contributed by atoms with Crippen molar-refractivity contribution in [3.05, 3.63) is 54.1 Å². The first kappa shape index (κ1) is 27.6. The van der Waals surface area contributed by atoms with Crippen LogP contribution < -0.4 is 14.4 Å². The Labute approximate surface area is 213 Å². The lowest BCUT2D eigenvalue weighted by atomic mass is 10.0. The Balaban J connectivity index is 1.42. The third-order valence-electron chi connectivity index (χ3n) is 6.76. The number of aliphatic hydroxyl groups is 2. The van der Waals surface area contributed by atoms with Crippen molar-refractivity contribution < 1.29 is 41.3 Å². The minimum absolute atomic E-state index is 0.0387. The zero-order valence-electron chi connectivity index (χ0n) is 20.1. The summed E-state index contributed by atoms with van der Waals surface area (Å²) in [4.78, 5) is 3.80. The lowest BCUT2D eigenvalue weighted by molar-refractivity contribution is -0.137. The summed E-state index contributed by atoms with van der Waals surface area (Å²) < 4.78 is 78.3. The van der Waals surface area contributed by atoms with Crippen LogP contribution in [0.1, 0.15) is 5.56 Å². The molecule has 0 saturated carbocycles. The van der Waals surface area contributed by atoms with Crippen LogP contribution in [-0.2, 0) is 20.9 Å². The maximum Gasteiger partial charge on any atom is 0.416 e. The molecule has 204 valence electrons. The Kier molecular flexibility index (Phi) is 8.31. The van der Waals surface area contributed by atoms with E-state index in [0.29, 0.717) is 37.6 Å². The fourth-order valence-corrected chi connectivity index (χ4v) is 5.83. The second-order valence-electron chi connectivity index (χ2n) is 8.98. The molecule has 4 rings (SSSR count). The van der Waals surface area contributed by atoms with Crippen LogP contribution in [0.3, 0.4) is 0 Å². The molecule has 4 atom stereocenters. The van der Waals surface area contributed by atoms with Gasteiger partial charge in [-0.1, -0.05) is 6.07 Å². The number of piperazine rings is 1. The number of rotatable bonds is 8. The number of hydrogen-bond donors (Lipinski definition) is 3. The summed E-state index contributed by atoms with van der Waals surface area (Å²) in [6.07, 6.45) is -7.14. The molecule has 0 bridgehead atoms. The monoisotopic (exact) mass is 545 g/mol. The standard InChI is InChI=1S/C24H30F3N3O6S/c1-35-18-5-7-19(8-6-18)37(33,34)28-14-20-22(23(32)21(15-31)36-20)30-11-9-29(10-12-30)17-4-2-3-16(13-17)24(25,26)27/h2-8,13,20-23,28,31-32H,9-12,14-15H2,1H3/t20-,21+,22+,23-/m1/s1. The normalized spacial score (nSPS) is 25.4. The summed E-state index contributed by atoms with van der Waals surface area (Å²) in [5, 5.41) is 20.5. The molecule has 0 radical (unpaired) electrons. The van der Waals surface area contributed by atoms with E-state index in [1.165, 1.54) is 37.4 Å². The van der Waals surface area contributed by atoms with Gasteiger partial charge in [-0.3, -0.25) is 4.90 Å². The van der Waals surface area contributed by atoms with Crippen molar-refractivity contribution >= 4 is 15.7 Å². The SMILES string of the molecule is COc1ccc(S(=O)(=O)NC[C@H]2O[C@@H](CO)[C@@H](O)[C@H]2N2CCN(c3cccc(C(F)(F)F)c3)CC2)cc1. The van der Waals surface area contributed by atoms with Gasteiger partial charge in [-0.2, -0.15) is 13.2 Å². The molecule has 3 N–H and O–H groups in total. The number of sulfonamides is 1. The lowest BCUT2D eigenvalue weighted by Gasteiger charge is -2.41. The minimum atomic E-state index is -4.44. The number of nitrogens with zero attached hydrogens (tertiary/aromatic N) is 2. The highest BCUT2D eigenvalue weighted by Gasteiger charge is 2.47. The molecule has 0 unspecified atom stereocenters. The van der Waals surface area contributed by atoms with E-state index in [0.717, 1.165) is 12.1 Å². The van der Waals surface area contributed by atoms with Crippen molar-refractivity contribution in [3.8, 4) is 5.75 Å². The van der Waals surface area contributed by atoms with Gasteiger partial charge in [-0.05, 0) is 42.5 Å². The van der Waals surface area contributed by atoms with Gasteiger partial charge in [-0.25, -0.2) is 13.1 Å². The van der Waals surface area contributed by atoms with Crippen LogP contribution in [0.25, 0.3) is 0 Å². The van der Waals surface area contributed by atoms with Crippen LogP contribution in [0.15, 0.2) is 53.4 Å². The maximum absolute atomic E-state index is 13.1. The van der Waals surface area contributed by atoms with Gasteiger partial charge in [0.1, 0.15) is 18.0 Å². The molecule has 2 aliphatic heterocycles. The number of nitrogens with one attached hydrogen (secondary N) is 1. The highest BCUT2D eigenvalue weighted by atomic mass is 32.2. The topological polar surface area (TPSA) is 112 Å². The third kappa shape index (κ3) is 6.19. The molecular formula is C24H30F3N3O6S. The summed E-state index contributed by atoms with van der Waals surface area (Å²) in [6, 6.07) is 10.4. The van der Waals surface area contributed by atoms with E-state index in [1.807, 2.05) is 9.80 Å². The van der Waals surface area contributed by atoms with E-state index in [4.69, 9.17) is 9.47 Å². The average molecular weight is 546 g/mol. The third-order valence-corrected chi connectivity index (χ3v) is 8.20. The molecule has 0 aromatic heterocycles. The molecule has 2 fully saturated rings. The second-order valence-corrected chi connectivity index (χ2v) is 10.7. The van der Waals surface area contributed by atoms with Crippen molar-refractivity contribution in [2.75, 3.05) is 51.3 Å². The molecule has 2 saturated heterocycles. The van der Waals surface area contributed by atoms with E-state index in [-0.39, 0.29) is 11.4 Å². The largest absolute Gasteiger partial charge is 0.497 e. The fourth-order valence-electron chi connectivity index (χ4n) is 4.78. The predicted molar refractivity (Wildman–Crippen MR) is 129 cm³/mol. The number of methoxy groups -OCH3 is 1. The Morgan fingerprint density at radius 2 is 1.76 bits per heavy atom. The molecular weight excluding hydrogens is 515 g/mol. The van der Waals surface area contributed by atoms with E-state index in [1.54, 1.807) is 6.07 Å². The van der Waals surface area contributed by atoms with Gasteiger partial charge in [0.2, 0.25) is 10.0 Å². The predicted octanol–water partition coefficient (Wildman–Crippen LogP) is 1.30. The lowest BCUT2D eigenvalue weighted by Crippen LogP contribution is -2.57. The number of ether oxygens (including phenoxy) is 2. The summed E-state index contributed by atoms with van der Waals surface area (Å²) >= 11 is 0. The molecule has 0 spiro atoms. The number of anilines is 1. The van der Waals surface area contributed by atoms with E-state index < -0.39 is 52.7 Å². The molecule has 2 aromatic carbocycles. The van der Waals surface area contributed by atoms with Crippen LogP contribution in [0, 0.1) is 0 Å². The fraction of sp³-hybridized carbons (Fsp3) is 0.500. The van der Waals surface area contributed by atoms with Gasteiger partial charge in [0.25, 0.3) is 0 Å². The van der Waals surface area contributed by atoms with Crippen LogP contribution in [0.2, 0.25) is 0 Å². The zero-order valence-corrected chi connectivity index (χ0v) is 21.0. The van der Waals surface area contributed by atoms with Crippen molar-refractivity contribution in [2.45, 2.75) is 35.4 Å². The molecule has 0 amide bonds. The van der Waals surface area contributed by atoms with Gasteiger partial charge < -0.3 is 24.6 Å².